The molecule has 3 saturated heterocycles. The second-order valence-corrected chi connectivity index (χ2v) is 8.74. The number of nitrogens with one attached hydrogen (secondary N) is 1. The van der Waals surface area contributed by atoms with Crippen molar-refractivity contribution in [2.45, 2.75) is 31.3 Å². The Labute approximate surface area is 163 Å². The van der Waals surface area contributed by atoms with Crippen molar-refractivity contribution < 1.29 is 4.79 Å². The molecule has 2 atom stereocenters. The highest BCUT2D eigenvalue weighted by Gasteiger charge is 2.42. The van der Waals surface area contributed by atoms with Gasteiger partial charge in [0.15, 0.2) is 0 Å². The van der Waals surface area contributed by atoms with E-state index in [4.69, 9.17) is 0 Å². The largest absolute Gasteiger partial charge is 0.347 e. The predicted molar refractivity (Wildman–Crippen MR) is 109 cm³/mol. The molecule has 6 rings (SSSR count). The van der Waals surface area contributed by atoms with E-state index >= 15 is 0 Å². The van der Waals surface area contributed by atoms with E-state index in [9.17, 15) is 4.79 Å². The van der Waals surface area contributed by atoms with Gasteiger partial charge in [-0.2, -0.15) is 0 Å². The van der Waals surface area contributed by atoms with Crippen molar-refractivity contribution in [1.82, 2.24) is 15.2 Å². The summed E-state index contributed by atoms with van der Waals surface area (Å²) < 4.78 is 1.17. The summed E-state index contributed by atoms with van der Waals surface area (Å²) in [6.07, 6.45) is 7.08. The van der Waals surface area contributed by atoms with E-state index in [-0.39, 0.29) is 11.9 Å². The Morgan fingerprint density at radius 3 is 2.81 bits per heavy atom. The normalized spacial score (nSPS) is 27.0. The van der Waals surface area contributed by atoms with Crippen molar-refractivity contribution in [2.24, 2.45) is 5.92 Å². The minimum Gasteiger partial charge on any atom is -0.347 e. The Morgan fingerprint density at radius 1 is 1.19 bits per heavy atom. The van der Waals surface area contributed by atoms with Gasteiger partial charge in [0, 0.05) is 29.2 Å². The van der Waals surface area contributed by atoms with Gasteiger partial charge in [-0.3, -0.25) is 14.7 Å². The lowest BCUT2D eigenvalue weighted by atomic mass is 9.77. The smallest absolute Gasteiger partial charge is 0.261 e. The summed E-state index contributed by atoms with van der Waals surface area (Å²) in [7, 11) is 0. The highest BCUT2D eigenvalue weighted by atomic mass is 32.1. The van der Waals surface area contributed by atoms with Gasteiger partial charge < -0.3 is 5.32 Å². The number of thiophene rings is 1. The molecule has 2 aromatic heterocycles. The van der Waals surface area contributed by atoms with Crippen molar-refractivity contribution in [1.29, 1.82) is 0 Å². The van der Waals surface area contributed by atoms with E-state index in [1.807, 2.05) is 36.7 Å². The average molecular weight is 378 g/mol. The van der Waals surface area contributed by atoms with Crippen molar-refractivity contribution >= 4 is 27.3 Å². The third kappa shape index (κ3) is 3.26. The molecule has 2 unspecified atom stereocenters. The number of aromatic nitrogens is 1. The van der Waals surface area contributed by atoms with E-state index in [0.29, 0.717) is 12.0 Å². The van der Waals surface area contributed by atoms with Crippen LogP contribution < -0.4 is 5.32 Å². The molecule has 138 valence electrons. The number of pyridine rings is 1. The quantitative estimate of drug-likeness (QED) is 0.753. The number of hydrogen-bond donors (Lipinski definition) is 1. The molecule has 1 amide bonds. The van der Waals surface area contributed by atoms with Crippen LogP contribution in [0.25, 0.3) is 10.1 Å². The maximum absolute atomic E-state index is 13.0. The first-order chi connectivity index (χ1) is 13.3. The summed E-state index contributed by atoms with van der Waals surface area (Å²) in [5.41, 5.74) is 1.25. The molecule has 0 aliphatic carbocycles. The van der Waals surface area contributed by atoms with Crippen molar-refractivity contribution in [2.75, 3.05) is 13.1 Å². The minimum atomic E-state index is 0.0751. The second kappa shape index (κ2) is 7.06. The summed E-state index contributed by atoms with van der Waals surface area (Å²) in [5, 5.41) is 4.55. The first-order valence-corrected chi connectivity index (χ1v) is 10.5. The number of piperidine rings is 3. The molecule has 0 saturated carbocycles. The van der Waals surface area contributed by atoms with Crippen LogP contribution in [0.5, 0.6) is 0 Å². The van der Waals surface area contributed by atoms with Crippen LogP contribution in [0, 0.1) is 5.92 Å². The first kappa shape index (κ1) is 16.9. The Kier molecular flexibility index (Phi) is 4.42. The van der Waals surface area contributed by atoms with Gasteiger partial charge in [-0.1, -0.05) is 24.3 Å². The van der Waals surface area contributed by atoms with Crippen LogP contribution in [-0.2, 0) is 6.42 Å². The molecule has 0 spiro atoms. The molecule has 4 nitrogen and oxygen atoms in total. The first-order valence-electron chi connectivity index (χ1n) is 9.70. The lowest BCUT2D eigenvalue weighted by Crippen LogP contribution is -2.64. The molecule has 1 aromatic carbocycles. The molecule has 1 N–H and O–H groups in total. The fourth-order valence-corrected chi connectivity index (χ4v) is 5.66. The van der Waals surface area contributed by atoms with Crippen LogP contribution >= 0.6 is 11.3 Å². The van der Waals surface area contributed by atoms with Crippen molar-refractivity contribution in [3.8, 4) is 0 Å². The Balaban J connectivity index is 1.38. The van der Waals surface area contributed by atoms with Gasteiger partial charge in [0.05, 0.1) is 4.88 Å². The fourth-order valence-electron chi connectivity index (χ4n) is 4.70. The van der Waals surface area contributed by atoms with Crippen molar-refractivity contribution in [3.63, 3.8) is 0 Å². The molecule has 0 radical (unpaired) electrons. The zero-order valence-corrected chi connectivity index (χ0v) is 16.0. The Bertz CT molecular complexity index is 913. The summed E-state index contributed by atoms with van der Waals surface area (Å²) in [4.78, 5) is 20.7. The zero-order chi connectivity index (χ0) is 18.2. The van der Waals surface area contributed by atoms with Gasteiger partial charge in [0.1, 0.15) is 0 Å². The number of benzene rings is 1. The minimum absolute atomic E-state index is 0.0751. The molecule has 27 heavy (non-hydrogen) atoms. The van der Waals surface area contributed by atoms with E-state index < -0.39 is 0 Å². The second-order valence-electron chi connectivity index (χ2n) is 7.65. The predicted octanol–water partition coefficient (Wildman–Crippen LogP) is 3.73. The number of carbonyl (C=O) groups is 1. The lowest BCUT2D eigenvalue weighted by Gasteiger charge is -2.51. The number of nitrogens with zero attached hydrogens (tertiary/aromatic N) is 2. The Hall–Kier alpha value is -2.24. The zero-order valence-electron chi connectivity index (χ0n) is 15.2. The van der Waals surface area contributed by atoms with Crippen molar-refractivity contribution in [3.05, 3.63) is 65.3 Å². The molecule has 5 heterocycles. The lowest BCUT2D eigenvalue weighted by molar-refractivity contribution is 0.0137. The van der Waals surface area contributed by atoms with Crippen LogP contribution in [0.1, 0.15) is 28.1 Å². The number of carbonyl (C=O) groups excluding carboxylic acids is 1. The van der Waals surface area contributed by atoms with Gasteiger partial charge in [-0.15, -0.1) is 11.3 Å². The van der Waals surface area contributed by atoms with Crippen LogP contribution in [0.4, 0.5) is 0 Å². The van der Waals surface area contributed by atoms with Crippen LogP contribution in [-0.4, -0.2) is 41.0 Å². The molecule has 5 heteroatoms. The average Bonchev–Trinajstić information content (AvgIpc) is 3.16. The number of amides is 1. The highest BCUT2D eigenvalue weighted by Crippen LogP contribution is 2.34. The number of rotatable bonds is 4. The summed E-state index contributed by atoms with van der Waals surface area (Å²) in [5.74, 6) is 0.654. The molecular weight excluding hydrogens is 354 g/mol. The standard InChI is InChI=1S/C22H23N3OS/c26-22(20-13-17-5-1-2-6-19(17)27-20)24-21-16-7-10-25(11-8-16)18(21)12-15-4-3-9-23-14-15/h1-6,9,13-14,16,18,21H,7-8,10-12H2,(H,24,26). The molecule has 3 aromatic rings. The van der Waals surface area contributed by atoms with Gasteiger partial charge in [-0.05, 0) is 67.4 Å². The third-order valence-corrected chi connectivity index (χ3v) is 7.20. The summed E-state index contributed by atoms with van der Waals surface area (Å²) >= 11 is 1.58. The molecule has 3 fully saturated rings. The summed E-state index contributed by atoms with van der Waals surface area (Å²) in [6.45, 7) is 2.29. The molecule has 3 aliphatic heterocycles. The number of hydrogen-bond acceptors (Lipinski definition) is 4. The van der Waals surface area contributed by atoms with E-state index in [1.54, 1.807) is 11.3 Å². The van der Waals surface area contributed by atoms with E-state index in [2.05, 4.69) is 33.4 Å². The van der Waals surface area contributed by atoms with Gasteiger partial charge >= 0.3 is 0 Å². The van der Waals surface area contributed by atoms with E-state index in [1.165, 1.54) is 23.1 Å². The fraction of sp³-hybridized carbons (Fsp3) is 0.364. The van der Waals surface area contributed by atoms with Crippen LogP contribution in [0.3, 0.4) is 0 Å². The third-order valence-electron chi connectivity index (χ3n) is 6.08. The highest BCUT2D eigenvalue weighted by molar-refractivity contribution is 7.20. The molecule has 3 aliphatic rings. The van der Waals surface area contributed by atoms with Crippen LogP contribution in [0.15, 0.2) is 54.9 Å². The van der Waals surface area contributed by atoms with Gasteiger partial charge in [0.2, 0.25) is 0 Å². The maximum Gasteiger partial charge on any atom is 0.261 e. The van der Waals surface area contributed by atoms with E-state index in [0.717, 1.165) is 29.8 Å². The molecular formula is C22H23N3OS. The van der Waals surface area contributed by atoms with Gasteiger partial charge in [0.25, 0.3) is 5.91 Å². The van der Waals surface area contributed by atoms with Crippen LogP contribution in [0.2, 0.25) is 0 Å². The number of fused-ring (bicyclic) bond motifs is 4. The SMILES string of the molecule is O=C(NC1C2CCN(CC2)C1Cc1cccnc1)c1cc2ccccc2s1. The topological polar surface area (TPSA) is 45.2 Å². The molecule has 2 bridgehead atoms. The monoisotopic (exact) mass is 377 g/mol. The summed E-state index contributed by atoms with van der Waals surface area (Å²) in [6, 6.07) is 14.9. The van der Waals surface area contributed by atoms with Gasteiger partial charge in [-0.25, -0.2) is 0 Å². The Morgan fingerprint density at radius 2 is 2.04 bits per heavy atom. The maximum atomic E-state index is 13.0.